The van der Waals surface area contributed by atoms with Crippen molar-refractivity contribution in [2.24, 2.45) is 4.99 Å². The number of ether oxygens (including phenoxy) is 1. The Bertz CT molecular complexity index is 852. The SMILES string of the molecule is CC[C@H](C(=O)NC(C)C)n1cc(C)sc1=NC(=O)c1cccc(OC)c1. The number of hydrogen-bond donors (Lipinski definition) is 1. The zero-order valence-electron chi connectivity index (χ0n) is 15.8. The first-order valence-electron chi connectivity index (χ1n) is 8.57. The van der Waals surface area contributed by atoms with E-state index in [-0.39, 0.29) is 17.9 Å². The van der Waals surface area contributed by atoms with Gasteiger partial charge < -0.3 is 14.6 Å². The van der Waals surface area contributed by atoms with Crippen molar-refractivity contribution < 1.29 is 14.3 Å². The summed E-state index contributed by atoms with van der Waals surface area (Å²) in [7, 11) is 1.55. The van der Waals surface area contributed by atoms with Crippen LogP contribution < -0.4 is 14.9 Å². The highest BCUT2D eigenvalue weighted by Crippen LogP contribution is 2.15. The van der Waals surface area contributed by atoms with E-state index in [1.54, 1.807) is 35.9 Å². The Labute approximate surface area is 157 Å². The van der Waals surface area contributed by atoms with Gasteiger partial charge in [0.25, 0.3) is 5.91 Å². The number of aryl methyl sites for hydroxylation is 1. The minimum absolute atomic E-state index is 0.0516. The van der Waals surface area contributed by atoms with Crippen molar-refractivity contribution in [1.82, 2.24) is 9.88 Å². The van der Waals surface area contributed by atoms with E-state index in [0.29, 0.717) is 22.5 Å². The summed E-state index contributed by atoms with van der Waals surface area (Å²) in [5.74, 6) is 0.165. The highest BCUT2D eigenvalue weighted by Gasteiger charge is 2.21. The fraction of sp³-hybridized carbons (Fsp3) is 0.421. The summed E-state index contributed by atoms with van der Waals surface area (Å²) in [6.07, 6.45) is 2.48. The van der Waals surface area contributed by atoms with Gasteiger partial charge in [-0.3, -0.25) is 9.59 Å². The molecule has 1 atom stereocenters. The molecule has 140 valence electrons. The normalized spacial score (nSPS) is 12.9. The number of nitrogens with zero attached hydrogens (tertiary/aromatic N) is 2. The smallest absolute Gasteiger partial charge is 0.279 e. The number of carbonyl (C=O) groups is 2. The molecule has 7 heteroatoms. The highest BCUT2D eigenvalue weighted by molar-refractivity contribution is 7.09. The summed E-state index contributed by atoms with van der Waals surface area (Å²) in [6, 6.07) is 6.52. The van der Waals surface area contributed by atoms with Crippen LogP contribution in [-0.2, 0) is 4.79 Å². The van der Waals surface area contributed by atoms with Gasteiger partial charge in [-0.05, 0) is 45.4 Å². The van der Waals surface area contributed by atoms with E-state index >= 15 is 0 Å². The molecule has 0 bridgehead atoms. The van der Waals surface area contributed by atoms with Gasteiger partial charge in [0.1, 0.15) is 11.8 Å². The molecule has 1 heterocycles. The molecule has 1 aromatic carbocycles. The van der Waals surface area contributed by atoms with Crippen LogP contribution in [0.5, 0.6) is 5.75 Å². The van der Waals surface area contributed by atoms with Crippen molar-refractivity contribution in [1.29, 1.82) is 0 Å². The average molecular weight is 375 g/mol. The molecular formula is C19H25N3O3S. The van der Waals surface area contributed by atoms with Crippen LogP contribution in [0.2, 0.25) is 0 Å². The largest absolute Gasteiger partial charge is 0.497 e. The number of amides is 2. The molecule has 0 unspecified atom stereocenters. The summed E-state index contributed by atoms with van der Waals surface area (Å²) < 4.78 is 6.95. The van der Waals surface area contributed by atoms with E-state index in [9.17, 15) is 9.59 Å². The van der Waals surface area contributed by atoms with Crippen molar-refractivity contribution in [3.63, 3.8) is 0 Å². The summed E-state index contributed by atoms with van der Waals surface area (Å²) in [5, 5.41) is 2.93. The van der Waals surface area contributed by atoms with Crippen molar-refractivity contribution in [2.75, 3.05) is 7.11 Å². The van der Waals surface area contributed by atoms with Gasteiger partial charge in [-0.1, -0.05) is 13.0 Å². The van der Waals surface area contributed by atoms with Gasteiger partial charge in [-0.15, -0.1) is 11.3 Å². The molecule has 0 fully saturated rings. The van der Waals surface area contributed by atoms with Gasteiger partial charge in [0.2, 0.25) is 5.91 Å². The van der Waals surface area contributed by atoms with Crippen LogP contribution in [0.4, 0.5) is 0 Å². The van der Waals surface area contributed by atoms with E-state index in [4.69, 9.17) is 4.74 Å². The zero-order valence-corrected chi connectivity index (χ0v) is 16.6. The van der Waals surface area contributed by atoms with Crippen LogP contribution in [0.3, 0.4) is 0 Å². The third kappa shape index (κ3) is 4.82. The molecule has 0 radical (unpaired) electrons. The van der Waals surface area contributed by atoms with E-state index in [0.717, 1.165) is 4.88 Å². The summed E-state index contributed by atoms with van der Waals surface area (Å²) in [6.45, 7) is 7.72. The van der Waals surface area contributed by atoms with Gasteiger partial charge >= 0.3 is 0 Å². The highest BCUT2D eigenvalue weighted by atomic mass is 32.1. The summed E-state index contributed by atoms with van der Waals surface area (Å²) in [5.41, 5.74) is 0.446. The molecule has 0 aliphatic heterocycles. The lowest BCUT2D eigenvalue weighted by Gasteiger charge is -2.18. The third-order valence-electron chi connectivity index (χ3n) is 3.76. The Kier molecular flexibility index (Phi) is 6.74. The van der Waals surface area contributed by atoms with E-state index in [2.05, 4.69) is 10.3 Å². The molecule has 0 saturated heterocycles. The van der Waals surface area contributed by atoms with Crippen LogP contribution in [0.25, 0.3) is 0 Å². The Hall–Kier alpha value is -2.41. The van der Waals surface area contributed by atoms with Crippen LogP contribution in [0.1, 0.15) is 48.5 Å². The van der Waals surface area contributed by atoms with Crippen LogP contribution in [-0.4, -0.2) is 29.5 Å². The Morgan fingerprint density at radius 3 is 2.69 bits per heavy atom. The number of hydrogen-bond acceptors (Lipinski definition) is 4. The fourth-order valence-corrected chi connectivity index (χ4v) is 3.44. The van der Waals surface area contributed by atoms with E-state index < -0.39 is 6.04 Å². The van der Waals surface area contributed by atoms with Crippen LogP contribution in [0, 0.1) is 6.92 Å². The van der Waals surface area contributed by atoms with Gasteiger partial charge in [-0.25, -0.2) is 0 Å². The van der Waals surface area contributed by atoms with Crippen molar-refractivity contribution >= 4 is 23.2 Å². The minimum atomic E-state index is -0.404. The van der Waals surface area contributed by atoms with Crippen molar-refractivity contribution in [2.45, 2.75) is 46.2 Å². The maximum atomic E-state index is 12.6. The second kappa shape index (κ2) is 8.80. The second-order valence-electron chi connectivity index (χ2n) is 6.27. The van der Waals surface area contributed by atoms with Gasteiger partial charge in [0.05, 0.1) is 7.11 Å². The van der Waals surface area contributed by atoms with Gasteiger partial charge in [-0.2, -0.15) is 4.99 Å². The molecule has 0 aliphatic rings. The maximum absolute atomic E-state index is 12.6. The number of aromatic nitrogens is 1. The molecule has 6 nitrogen and oxygen atoms in total. The predicted octanol–water partition coefficient (Wildman–Crippen LogP) is 3.08. The number of nitrogens with one attached hydrogen (secondary N) is 1. The number of methoxy groups -OCH3 is 1. The lowest BCUT2D eigenvalue weighted by molar-refractivity contribution is -0.125. The number of thiazole rings is 1. The monoisotopic (exact) mass is 375 g/mol. The molecule has 0 saturated carbocycles. The minimum Gasteiger partial charge on any atom is -0.497 e. The lowest BCUT2D eigenvalue weighted by atomic mass is 10.2. The molecule has 2 rings (SSSR count). The number of benzene rings is 1. The first-order valence-corrected chi connectivity index (χ1v) is 9.39. The molecule has 0 spiro atoms. The first kappa shape index (κ1) is 19.9. The molecule has 2 aromatic rings. The quantitative estimate of drug-likeness (QED) is 0.843. The first-order chi connectivity index (χ1) is 12.3. The van der Waals surface area contributed by atoms with Crippen molar-refractivity contribution in [3.8, 4) is 5.75 Å². The number of rotatable bonds is 6. The molecule has 0 aliphatic carbocycles. The number of carbonyl (C=O) groups excluding carboxylic acids is 2. The molecule has 26 heavy (non-hydrogen) atoms. The topological polar surface area (TPSA) is 72.7 Å². The Balaban J connectivity index is 2.42. The Morgan fingerprint density at radius 1 is 1.35 bits per heavy atom. The van der Waals surface area contributed by atoms with Gasteiger partial charge in [0, 0.05) is 22.7 Å². The maximum Gasteiger partial charge on any atom is 0.279 e. The van der Waals surface area contributed by atoms with Crippen LogP contribution in [0.15, 0.2) is 35.5 Å². The molecule has 1 N–H and O–H groups in total. The molecule has 2 amide bonds. The Morgan fingerprint density at radius 2 is 2.08 bits per heavy atom. The summed E-state index contributed by atoms with van der Waals surface area (Å²) in [4.78, 5) is 30.9. The molecular weight excluding hydrogens is 350 g/mol. The second-order valence-corrected chi connectivity index (χ2v) is 7.48. The predicted molar refractivity (Wildman–Crippen MR) is 103 cm³/mol. The zero-order chi connectivity index (χ0) is 19.3. The average Bonchev–Trinajstić information content (AvgIpc) is 2.95. The van der Waals surface area contributed by atoms with Crippen LogP contribution >= 0.6 is 11.3 Å². The summed E-state index contributed by atoms with van der Waals surface area (Å²) >= 11 is 1.39. The molecule has 1 aromatic heterocycles. The van der Waals surface area contributed by atoms with E-state index in [1.807, 2.05) is 33.9 Å². The van der Waals surface area contributed by atoms with Crippen molar-refractivity contribution in [3.05, 3.63) is 45.7 Å². The third-order valence-corrected chi connectivity index (χ3v) is 4.68. The van der Waals surface area contributed by atoms with Gasteiger partial charge in [0.15, 0.2) is 4.80 Å². The lowest BCUT2D eigenvalue weighted by Crippen LogP contribution is -2.39. The van der Waals surface area contributed by atoms with E-state index in [1.165, 1.54) is 11.3 Å². The standard InChI is InChI=1S/C19H25N3O3S/c1-6-16(18(24)20-12(2)3)22-11-13(4)26-19(22)21-17(23)14-8-7-9-15(10-14)25-5/h7-12,16H,6H2,1-5H3,(H,20,24)/t16-/m1/s1. The fourth-order valence-electron chi connectivity index (χ4n) is 2.57.